The van der Waals surface area contributed by atoms with Crippen LogP contribution < -0.4 is 5.73 Å². The Kier molecular flexibility index (Phi) is 3.31. The largest absolute Gasteiger partial charge is 0.399 e. The van der Waals surface area contributed by atoms with E-state index in [9.17, 15) is 0 Å². The molecule has 1 aromatic carbocycles. The van der Waals surface area contributed by atoms with Crippen molar-refractivity contribution >= 4 is 17.3 Å². The van der Waals surface area contributed by atoms with Crippen LogP contribution in [-0.4, -0.2) is 29.1 Å². The van der Waals surface area contributed by atoms with Gasteiger partial charge >= 0.3 is 0 Å². The van der Waals surface area contributed by atoms with Gasteiger partial charge in [-0.25, -0.2) is 0 Å². The molecule has 0 aliphatic carbocycles. The molecule has 0 saturated heterocycles. The first-order chi connectivity index (χ1) is 8.06. The van der Waals surface area contributed by atoms with Gasteiger partial charge in [0.2, 0.25) is 0 Å². The van der Waals surface area contributed by atoms with E-state index in [1.54, 1.807) is 18.2 Å². The second-order valence-corrected chi connectivity index (χ2v) is 4.40. The van der Waals surface area contributed by atoms with Crippen molar-refractivity contribution in [1.29, 1.82) is 0 Å². The first-order valence-corrected chi connectivity index (χ1v) is 5.47. The average molecular weight is 253 g/mol. The van der Waals surface area contributed by atoms with Crippen molar-refractivity contribution in [2.24, 2.45) is 0 Å². The van der Waals surface area contributed by atoms with Crippen molar-refractivity contribution in [1.82, 2.24) is 15.0 Å². The molecule has 2 rings (SSSR count). The summed E-state index contributed by atoms with van der Waals surface area (Å²) < 4.78 is 5.16. The lowest BCUT2D eigenvalue weighted by Gasteiger charge is -2.03. The molecule has 0 radical (unpaired) electrons. The predicted molar refractivity (Wildman–Crippen MR) is 66.5 cm³/mol. The highest BCUT2D eigenvalue weighted by Gasteiger charge is 2.12. The number of hydrogen-bond acceptors (Lipinski definition) is 5. The third-order valence-corrected chi connectivity index (χ3v) is 2.48. The van der Waals surface area contributed by atoms with Gasteiger partial charge in [0.15, 0.2) is 5.82 Å². The van der Waals surface area contributed by atoms with Gasteiger partial charge in [0.1, 0.15) is 0 Å². The van der Waals surface area contributed by atoms with Crippen molar-refractivity contribution in [2.45, 2.75) is 6.54 Å². The molecule has 0 aliphatic heterocycles. The SMILES string of the molecule is CN(C)Cc1noc(-c2cc(N)ccc2Cl)n1. The Hall–Kier alpha value is -1.59. The number of anilines is 1. The number of benzene rings is 1. The van der Waals surface area contributed by atoms with Crippen LogP contribution in [0.3, 0.4) is 0 Å². The van der Waals surface area contributed by atoms with Crippen molar-refractivity contribution < 1.29 is 4.52 Å². The van der Waals surface area contributed by atoms with Crippen LogP contribution in [0.1, 0.15) is 5.82 Å². The highest BCUT2D eigenvalue weighted by atomic mass is 35.5. The van der Waals surface area contributed by atoms with Crippen LogP contribution in [0.25, 0.3) is 11.5 Å². The molecule has 5 nitrogen and oxygen atoms in total. The molecule has 1 aromatic heterocycles. The molecule has 0 amide bonds. The standard InChI is InChI=1S/C11H13ClN4O/c1-16(2)6-10-14-11(17-15-10)8-5-7(13)3-4-9(8)12/h3-5H,6,13H2,1-2H3. The number of nitrogen functional groups attached to an aromatic ring is 1. The van der Waals surface area contributed by atoms with E-state index in [1.165, 1.54) is 0 Å². The molecule has 2 N–H and O–H groups in total. The summed E-state index contributed by atoms with van der Waals surface area (Å²) in [5.41, 5.74) is 6.96. The van der Waals surface area contributed by atoms with Gasteiger partial charge in [-0.1, -0.05) is 16.8 Å². The minimum Gasteiger partial charge on any atom is -0.399 e. The Morgan fingerprint density at radius 1 is 1.41 bits per heavy atom. The molecule has 0 fully saturated rings. The predicted octanol–water partition coefficient (Wildman–Crippen LogP) is 2.03. The number of halogens is 1. The Balaban J connectivity index is 2.33. The Morgan fingerprint density at radius 2 is 2.18 bits per heavy atom. The van der Waals surface area contributed by atoms with Crippen molar-refractivity contribution in [2.75, 3.05) is 19.8 Å². The van der Waals surface area contributed by atoms with Gasteiger partial charge in [-0.15, -0.1) is 0 Å². The quantitative estimate of drug-likeness (QED) is 0.847. The molecular formula is C11H13ClN4O. The van der Waals surface area contributed by atoms with E-state index in [1.807, 2.05) is 19.0 Å². The van der Waals surface area contributed by atoms with Gasteiger partial charge in [0.25, 0.3) is 5.89 Å². The van der Waals surface area contributed by atoms with Gasteiger partial charge in [0, 0.05) is 5.69 Å². The molecule has 17 heavy (non-hydrogen) atoms. The van der Waals surface area contributed by atoms with E-state index in [4.69, 9.17) is 21.9 Å². The van der Waals surface area contributed by atoms with E-state index in [2.05, 4.69) is 10.1 Å². The lowest BCUT2D eigenvalue weighted by atomic mass is 10.2. The maximum absolute atomic E-state index is 6.05. The van der Waals surface area contributed by atoms with Crippen LogP contribution in [0.2, 0.25) is 5.02 Å². The number of aromatic nitrogens is 2. The molecule has 6 heteroatoms. The van der Waals surface area contributed by atoms with Gasteiger partial charge in [-0.05, 0) is 32.3 Å². The minimum atomic E-state index is 0.388. The Labute approximate surface area is 104 Å². The van der Waals surface area contributed by atoms with Crippen molar-refractivity contribution in [3.63, 3.8) is 0 Å². The monoisotopic (exact) mass is 252 g/mol. The molecule has 1 heterocycles. The summed E-state index contributed by atoms with van der Waals surface area (Å²) in [6.07, 6.45) is 0. The van der Waals surface area contributed by atoms with Crippen molar-refractivity contribution in [3.05, 3.63) is 29.0 Å². The number of nitrogens with zero attached hydrogens (tertiary/aromatic N) is 3. The second-order valence-electron chi connectivity index (χ2n) is 3.99. The summed E-state index contributed by atoms with van der Waals surface area (Å²) in [5.74, 6) is 1.00. The maximum Gasteiger partial charge on any atom is 0.259 e. The molecule has 0 atom stereocenters. The van der Waals surface area contributed by atoms with E-state index < -0.39 is 0 Å². The lowest BCUT2D eigenvalue weighted by molar-refractivity contribution is 0.365. The zero-order valence-electron chi connectivity index (χ0n) is 9.64. The van der Waals surface area contributed by atoms with Gasteiger partial charge in [-0.3, -0.25) is 0 Å². The summed E-state index contributed by atoms with van der Waals surface area (Å²) >= 11 is 6.05. The first kappa shape index (κ1) is 11.9. The number of hydrogen-bond donors (Lipinski definition) is 1. The summed E-state index contributed by atoms with van der Waals surface area (Å²) in [6, 6.07) is 5.15. The lowest BCUT2D eigenvalue weighted by Crippen LogP contribution is -2.11. The van der Waals surface area contributed by atoms with Crippen LogP contribution in [0.15, 0.2) is 22.7 Å². The first-order valence-electron chi connectivity index (χ1n) is 5.09. The Bertz CT molecular complexity index is 524. The van der Waals surface area contributed by atoms with Gasteiger partial charge < -0.3 is 15.2 Å². The fraction of sp³-hybridized carbons (Fsp3) is 0.273. The fourth-order valence-electron chi connectivity index (χ4n) is 1.42. The van der Waals surface area contributed by atoms with Crippen LogP contribution >= 0.6 is 11.6 Å². The smallest absolute Gasteiger partial charge is 0.259 e. The van der Waals surface area contributed by atoms with Crippen LogP contribution in [0.4, 0.5) is 5.69 Å². The zero-order chi connectivity index (χ0) is 12.4. The second kappa shape index (κ2) is 4.73. The third-order valence-electron chi connectivity index (χ3n) is 2.15. The number of nitrogens with two attached hydrogens (primary N) is 1. The highest BCUT2D eigenvalue weighted by molar-refractivity contribution is 6.33. The summed E-state index contributed by atoms with van der Waals surface area (Å²) in [6.45, 7) is 0.615. The average Bonchev–Trinajstić information content (AvgIpc) is 2.69. The molecule has 0 spiro atoms. The molecule has 0 bridgehead atoms. The summed E-state index contributed by atoms with van der Waals surface area (Å²) in [5, 5.41) is 4.42. The van der Waals surface area contributed by atoms with E-state index in [0.29, 0.717) is 34.5 Å². The summed E-state index contributed by atoms with van der Waals surface area (Å²) in [4.78, 5) is 6.22. The van der Waals surface area contributed by atoms with Crippen LogP contribution in [-0.2, 0) is 6.54 Å². The van der Waals surface area contributed by atoms with E-state index in [0.717, 1.165) is 0 Å². The zero-order valence-corrected chi connectivity index (χ0v) is 10.4. The molecule has 90 valence electrons. The Morgan fingerprint density at radius 3 is 2.88 bits per heavy atom. The maximum atomic E-state index is 6.05. The minimum absolute atomic E-state index is 0.388. The third kappa shape index (κ3) is 2.75. The van der Waals surface area contributed by atoms with E-state index >= 15 is 0 Å². The highest BCUT2D eigenvalue weighted by Crippen LogP contribution is 2.28. The van der Waals surface area contributed by atoms with Gasteiger partial charge in [-0.2, -0.15) is 4.98 Å². The van der Waals surface area contributed by atoms with Crippen molar-refractivity contribution in [3.8, 4) is 11.5 Å². The molecular weight excluding hydrogens is 240 g/mol. The van der Waals surface area contributed by atoms with E-state index in [-0.39, 0.29) is 0 Å². The van der Waals surface area contributed by atoms with Crippen LogP contribution in [0.5, 0.6) is 0 Å². The topological polar surface area (TPSA) is 68.2 Å². The normalized spacial score (nSPS) is 11.1. The van der Waals surface area contributed by atoms with Gasteiger partial charge in [0.05, 0.1) is 17.1 Å². The molecule has 0 aliphatic rings. The van der Waals surface area contributed by atoms with Crippen LogP contribution in [0, 0.1) is 0 Å². The molecule has 0 unspecified atom stereocenters. The number of rotatable bonds is 3. The fourth-order valence-corrected chi connectivity index (χ4v) is 1.62. The molecule has 0 saturated carbocycles. The molecule has 2 aromatic rings. The summed E-state index contributed by atoms with van der Waals surface area (Å²) in [7, 11) is 3.87.